The van der Waals surface area contributed by atoms with Crippen molar-refractivity contribution in [2.24, 2.45) is 0 Å². The second kappa shape index (κ2) is 9.56. The molecule has 166 valence electrons. The summed E-state index contributed by atoms with van der Waals surface area (Å²) in [5, 5.41) is 2.62. The van der Waals surface area contributed by atoms with Crippen LogP contribution >= 0.6 is 23.2 Å². The number of sulfonamides is 1. The molecule has 1 aromatic heterocycles. The number of hydrogen-bond donors (Lipinski definition) is 2. The van der Waals surface area contributed by atoms with Crippen LogP contribution in [0.25, 0.3) is 0 Å². The lowest BCUT2D eigenvalue weighted by molar-refractivity contribution is 0.102. The molecule has 0 unspecified atom stereocenters. The van der Waals surface area contributed by atoms with Gasteiger partial charge in [-0.2, -0.15) is 0 Å². The first-order valence-electron chi connectivity index (χ1n) is 9.20. The average molecular weight is 493 g/mol. The molecule has 11 heteroatoms. The average Bonchev–Trinajstić information content (AvgIpc) is 2.72. The van der Waals surface area contributed by atoms with E-state index in [1.165, 1.54) is 18.2 Å². The summed E-state index contributed by atoms with van der Waals surface area (Å²) < 4.78 is 28.0. The highest BCUT2D eigenvalue weighted by atomic mass is 35.5. The van der Waals surface area contributed by atoms with E-state index < -0.39 is 21.5 Å². The Hall–Kier alpha value is -3.14. The highest BCUT2D eigenvalue weighted by molar-refractivity contribution is 7.93. The molecule has 2 aromatic carbocycles. The fourth-order valence-electron chi connectivity index (χ4n) is 2.89. The predicted molar refractivity (Wildman–Crippen MR) is 125 cm³/mol. The van der Waals surface area contributed by atoms with Crippen molar-refractivity contribution in [2.75, 3.05) is 16.2 Å². The lowest BCUT2D eigenvalue weighted by Crippen LogP contribution is -2.32. The standard InChI is InChI=1S/C21H18Cl2N4O4S/c1-3-10-27(17-7-5-4-6-15(17)22)32(30,31)18-11-14(8-9-16(18)23)21(29)26-19-12-20(28)25-13(2)24-19/h3-9,11-12H,1,10H2,2H3,(H2,24,25,26,28,29). The molecule has 0 saturated carbocycles. The van der Waals surface area contributed by atoms with E-state index in [4.69, 9.17) is 23.2 Å². The van der Waals surface area contributed by atoms with Gasteiger partial charge in [0.15, 0.2) is 0 Å². The number of anilines is 2. The predicted octanol–water partition coefficient (Wildman–Crippen LogP) is 4.02. The van der Waals surface area contributed by atoms with Crippen LogP contribution in [0.5, 0.6) is 0 Å². The monoisotopic (exact) mass is 492 g/mol. The first-order valence-corrected chi connectivity index (χ1v) is 11.4. The largest absolute Gasteiger partial charge is 0.311 e. The summed E-state index contributed by atoms with van der Waals surface area (Å²) >= 11 is 12.4. The molecule has 0 bridgehead atoms. The number of carbonyl (C=O) groups excluding carboxylic acids is 1. The number of aromatic nitrogens is 2. The zero-order chi connectivity index (χ0) is 23.5. The number of amides is 1. The molecule has 32 heavy (non-hydrogen) atoms. The Balaban J connectivity index is 2.02. The van der Waals surface area contributed by atoms with Crippen LogP contribution in [-0.2, 0) is 10.0 Å². The molecule has 0 fully saturated rings. The van der Waals surface area contributed by atoms with E-state index in [0.717, 1.165) is 16.4 Å². The molecule has 0 aliphatic heterocycles. The van der Waals surface area contributed by atoms with Gasteiger partial charge in [0.1, 0.15) is 16.5 Å². The lowest BCUT2D eigenvalue weighted by Gasteiger charge is -2.24. The van der Waals surface area contributed by atoms with Crippen molar-refractivity contribution in [3.05, 3.63) is 93.0 Å². The van der Waals surface area contributed by atoms with Gasteiger partial charge >= 0.3 is 0 Å². The van der Waals surface area contributed by atoms with Gasteiger partial charge in [-0.15, -0.1) is 6.58 Å². The molecule has 0 saturated heterocycles. The van der Waals surface area contributed by atoms with Gasteiger partial charge in [-0.3, -0.25) is 13.9 Å². The van der Waals surface area contributed by atoms with Crippen LogP contribution in [0.1, 0.15) is 16.2 Å². The van der Waals surface area contributed by atoms with Gasteiger partial charge < -0.3 is 10.3 Å². The Bertz CT molecular complexity index is 1360. The molecule has 3 rings (SSSR count). The number of rotatable bonds is 7. The third kappa shape index (κ3) is 5.01. The second-order valence-electron chi connectivity index (χ2n) is 6.59. The van der Waals surface area contributed by atoms with Crippen molar-refractivity contribution in [1.29, 1.82) is 0 Å². The van der Waals surface area contributed by atoms with Crippen LogP contribution in [0.15, 0.2) is 70.9 Å². The van der Waals surface area contributed by atoms with Crippen molar-refractivity contribution in [3.63, 3.8) is 0 Å². The molecule has 2 N–H and O–H groups in total. The van der Waals surface area contributed by atoms with E-state index in [1.807, 2.05) is 0 Å². The van der Waals surface area contributed by atoms with E-state index >= 15 is 0 Å². The van der Waals surface area contributed by atoms with Gasteiger partial charge in [0.25, 0.3) is 21.5 Å². The molecule has 0 aliphatic rings. The Morgan fingerprint density at radius 2 is 1.91 bits per heavy atom. The molecule has 0 aliphatic carbocycles. The Kier molecular flexibility index (Phi) is 7.02. The van der Waals surface area contributed by atoms with E-state index in [-0.39, 0.29) is 38.6 Å². The highest BCUT2D eigenvalue weighted by Crippen LogP contribution is 2.33. The number of aryl methyl sites for hydroxylation is 1. The summed E-state index contributed by atoms with van der Waals surface area (Å²) in [7, 11) is -4.22. The highest BCUT2D eigenvalue weighted by Gasteiger charge is 2.29. The van der Waals surface area contributed by atoms with Crippen LogP contribution in [0.2, 0.25) is 10.0 Å². The van der Waals surface area contributed by atoms with E-state index in [0.29, 0.717) is 5.82 Å². The minimum absolute atomic E-state index is 0.00502. The quantitative estimate of drug-likeness (QED) is 0.483. The maximum Gasteiger partial charge on any atom is 0.266 e. The van der Waals surface area contributed by atoms with Crippen LogP contribution in [0.3, 0.4) is 0 Å². The molecular weight excluding hydrogens is 475 g/mol. The minimum Gasteiger partial charge on any atom is -0.311 e. The van der Waals surface area contributed by atoms with Crippen LogP contribution in [-0.4, -0.2) is 30.8 Å². The Labute approximate surface area is 194 Å². The number of nitrogens with one attached hydrogen (secondary N) is 2. The van der Waals surface area contributed by atoms with Gasteiger partial charge in [0, 0.05) is 11.6 Å². The SMILES string of the molecule is C=CCN(c1ccccc1Cl)S(=O)(=O)c1cc(C(=O)Nc2cc(=O)[nH]c(C)n2)ccc1Cl. The maximum atomic E-state index is 13.5. The molecule has 0 spiro atoms. The number of H-pyrrole nitrogens is 1. The van der Waals surface area contributed by atoms with Gasteiger partial charge in [-0.1, -0.05) is 41.4 Å². The number of hydrogen-bond acceptors (Lipinski definition) is 5. The molecule has 8 nitrogen and oxygen atoms in total. The topological polar surface area (TPSA) is 112 Å². The molecule has 3 aromatic rings. The van der Waals surface area contributed by atoms with Crippen LogP contribution < -0.4 is 15.2 Å². The molecule has 1 heterocycles. The van der Waals surface area contributed by atoms with Crippen molar-refractivity contribution < 1.29 is 13.2 Å². The summed E-state index contributed by atoms with van der Waals surface area (Å²) in [6, 6.07) is 11.4. The molecule has 1 amide bonds. The Morgan fingerprint density at radius 3 is 2.56 bits per heavy atom. The number of carbonyl (C=O) groups is 1. The van der Waals surface area contributed by atoms with Gasteiger partial charge in [-0.05, 0) is 37.3 Å². The van der Waals surface area contributed by atoms with E-state index in [1.54, 1.807) is 31.2 Å². The van der Waals surface area contributed by atoms with Crippen molar-refractivity contribution in [2.45, 2.75) is 11.8 Å². The smallest absolute Gasteiger partial charge is 0.266 e. The fraction of sp³-hybridized carbons (Fsp3) is 0.0952. The minimum atomic E-state index is -4.22. The van der Waals surface area contributed by atoms with Gasteiger partial charge in [0.2, 0.25) is 0 Å². The number of halogens is 2. The number of aromatic amines is 1. The first-order chi connectivity index (χ1) is 15.1. The van der Waals surface area contributed by atoms with E-state index in [2.05, 4.69) is 21.9 Å². The summed E-state index contributed by atoms with van der Waals surface area (Å²) in [4.78, 5) is 30.5. The van der Waals surface area contributed by atoms with Gasteiger partial charge in [0.05, 0.1) is 22.3 Å². The third-order valence-electron chi connectivity index (χ3n) is 4.28. The number of nitrogens with zero attached hydrogens (tertiary/aromatic N) is 2. The Morgan fingerprint density at radius 1 is 1.19 bits per heavy atom. The second-order valence-corrected chi connectivity index (χ2v) is 9.24. The molecule has 0 radical (unpaired) electrons. The summed E-state index contributed by atoms with van der Waals surface area (Å²) in [6.07, 6.45) is 1.41. The van der Waals surface area contributed by atoms with Crippen molar-refractivity contribution in [3.8, 4) is 0 Å². The number of para-hydroxylation sites is 1. The maximum absolute atomic E-state index is 13.5. The summed E-state index contributed by atoms with van der Waals surface area (Å²) in [5.41, 5.74) is -0.194. The van der Waals surface area contributed by atoms with Gasteiger partial charge in [-0.25, -0.2) is 13.4 Å². The molecular formula is C21H18Cl2N4O4S. The third-order valence-corrected chi connectivity index (χ3v) is 6.86. The number of benzene rings is 2. The molecule has 0 atom stereocenters. The fourth-order valence-corrected chi connectivity index (χ4v) is 5.14. The van der Waals surface area contributed by atoms with Crippen LogP contribution in [0, 0.1) is 6.92 Å². The van der Waals surface area contributed by atoms with E-state index in [9.17, 15) is 18.0 Å². The normalized spacial score (nSPS) is 11.1. The van der Waals surface area contributed by atoms with Crippen molar-refractivity contribution >= 4 is 50.6 Å². The summed E-state index contributed by atoms with van der Waals surface area (Å²) in [6.45, 7) is 5.10. The van der Waals surface area contributed by atoms with Crippen LogP contribution in [0.4, 0.5) is 11.5 Å². The zero-order valence-electron chi connectivity index (χ0n) is 16.8. The lowest BCUT2D eigenvalue weighted by atomic mass is 10.2. The summed E-state index contributed by atoms with van der Waals surface area (Å²) in [5.74, 6) is -0.324. The van der Waals surface area contributed by atoms with Crippen molar-refractivity contribution in [1.82, 2.24) is 9.97 Å². The first kappa shape index (κ1) is 23.5. The zero-order valence-corrected chi connectivity index (χ0v) is 19.1.